The Labute approximate surface area is 207 Å². The van der Waals surface area contributed by atoms with E-state index >= 15 is 0 Å². The molecule has 2 N–H and O–H groups in total. The number of hydrogen-bond acceptors (Lipinski definition) is 7. The number of benzene rings is 1. The number of carboxylic acids is 1. The van der Waals surface area contributed by atoms with Gasteiger partial charge in [0, 0.05) is 23.7 Å². The van der Waals surface area contributed by atoms with Gasteiger partial charge in [-0.1, -0.05) is 6.92 Å². The molecule has 1 fully saturated rings. The fourth-order valence-corrected chi connectivity index (χ4v) is 5.26. The lowest BCUT2D eigenvalue weighted by Crippen LogP contribution is -2.39. The molecule has 1 aromatic carbocycles. The number of aromatic nitrogens is 1. The molecule has 0 bridgehead atoms. The Morgan fingerprint density at radius 3 is 2.66 bits per heavy atom. The SMILES string of the molecule is CCc1cc2c(=O)c(-c3nc(C)cs3)coc2cc1O[C@H](C)C(=O)NCC1CCC(C(=O)O)CC1. The molecule has 1 atom stereocenters. The average Bonchev–Trinajstić information content (AvgIpc) is 3.28. The van der Waals surface area contributed by atoms with Gasteiger partial charge in [-0.2, -0.15) is 0 Å². The van der Waals surface area contributed by atoms with E-state index in [2.05, 4.69) is 10.3 Å². The number of thiazole rings is 1. The van der Waals surface area contributed by atoms with Crippen LogP contribution in [0.15, 0.2) is 33.0 Å². The molecule has 1 saturated carbocycles. The first-order valence-corrected chi connectivity index (χ1v) is 12.8. The van der Waals surface area contributed by atoms with Gasteiger partial charge in [0.15, 0.2) is 6.10 Å². The van der Waals surface area contributed by atoms with Crippen molar-refractivity contribution in [2.24, 2.45) is 11.8 Å². The van der Waals surface area contributed by atoms with Crippen molar-refractivity contribution in [2.75, 3.05) is 6.54 Å². The minimum Gasteiger partial charge on any atom is -0.481 e. The first-order valence-electron chi connectivity index (χ1n) is 11.9. The van der Waals surface area contributed by atoms with Crippen LogP contribution in [0.1, 0.15) is 50.8 Å². The summed E-state index contributed by atoms with van der Waals surface area (Å²) < 4.78 is 11.8. The number of amides is 1. The quantitative estimate of drug-likeness (QED) is 0.467. The highest BCUT2D eigenvalue weighted by molar-refractivity contribution is 7.13. The average molecular weight is 499 g/mol. The summed E-state index contributed by atoms with van der Waals surface area (Å²) in [7, 11) is 0. The highest BCUT2D eigenvalue weighted by Crippen LogP contribution is 2.30. The summed E-state index contributed by atoms with van der Waals surface area (Å²) in [4.78, 5) is 41.3. The molecule has 4 rings (SSSR count). The van der Waals surface area contributed by atoms with Gasteiger partial charge in [-0.15, -0.1) is 11.3 Å². The van der Waals surface area contributed by atoms with Crippen LogP contribution in [0.4, 0.5) is 0 Å². The summed E-state index contributed by atoms with van der Waals surface area (Å²) in [5.41, 5.74) is 2.33. The van der Waals surface area contributed by atoms with Crippen LogP contribution >= 0.6 is 11.3 Å². The molecule has 2 heterocycles. The molecule has 186 valence electrons. The van der Waals surface area contributed by atoms with Crippen LogP contribution < -0.4 is 15.5 Å². The van der Waals surface area contributed by atoms with Crippen molar-refractivity contribution in [2.45, 2.75) is 59.0 Å². The third-order valence-electron chi connectivity index (χ3n) is 6.62. The third kappa shape index (κ3) is 5.56. The second kappa shape index (κ2) is 10.6. The van der Waals surface area contributed by atoms with Gasteiger partial charge in [-0.3, -0.25) is 14.4 Å². The van der Waals surface area contributed by atoms with E-state index in [4.69, 9.17) is 14.3 Å². The molecule has 35 heavy (non-hydrogen) atoms. The Bertz CT molecular complexity index is 1290. The maximum Gasteiger partial charge on any atom is 0.306 e. The molecule has 1 aliphatic carbocycles. The van der Waals surface area contributed by atoms with Crippen molar-refractivity contribution in [3.05, 3.63) is 45.3 Å². The highest BCUT2D eigenvalue weighted by atomic mass is 32.1. The second-order valence-electron chi connectivity index (χ2n) is 9.14. The van der Waals surface area contributed by atoms with E-state index in [1.165, 1.54) is 17.6 Å². The summed E-state index contributed by atoms with van der Waals surface area (Å²) in [5.74, 6) is -0.457. The monoisotopic (exact) mass is 498 g/mol. The summed E-state index contributed by atoms with van der Waals surface area (Å²) in [6.45, 7) is 6.03. The van der Waals surface area contributed by atoms with Crippen LogP contribution in [0.25, 0.3) is 21.5 Å². The Morgan fingerprint density at radius 1 is 1.29 bits per heavy atom. The first kappa shape index (κ1) is 24.9. The summed E-state index contributed by atoms with van der Waals surface area (Å²) >= 11 is 1.40. The van der Waals surface area contributed by atoms with Gasteiger partial charge in [-0.25, -0.2) is 4.98 Å². The fourth-order valence-electron chi connectivity index (χ4n) is 4.46. The van der Waals surface area contributed by atoms with E-state index in [-0.39, 0.29) is 23.2 Å². The summed E-state index contributed by atoms with van der Waals surface area (Å²) in [5, 5.41) is 15.0. The molecule has 8 nitrogen and oxygen atoms in total. The molecule has 1 aliphatic rings. The number of carbonyl (C=O) groups is 2. The van der Waals surface area contributed by atoms with Gasteiger partial charge in [0.1, 0.15) is 22.6 Å². The van der Waals surface area contributed by atoms with Gasteiger partial charge in [0.05, 0.1) is 16.9 Å². The third-order valence-corrected chi connectivity index (χ3v) is 7.61. The lowest BCUT2D eigenvalue weighted by atomic mass is 9.82. The number of nitrogens with one attached hydrogen (secondary N) is 1. The topological polar surface area (TPSA) is 119 Å². The number of ether oxygens (including phenoxy) is 1. The molecule has 0 saturated heterocycles. The van der Waals surface area contributed by atoms with Crippen LogP contribution in [-0.4, -0.2) is 34.6 Å². The number of fused-ring (bicyclic) bond motifs is 1. The molecule has 3 aromatic rings. The molecule has 0 spiro atoms. The number of nitrogens with zero attached hydrogens (tertiary/aromatic N) is 1. The molecule has 9 heteroatoms. The molecule has 2 aromatic heterocycles. The van der Waals surface area contributed by atoms with Crippen molar-refractivity contribution in [1.82, 2.24) is 10.3 Å². The molecule has 0 unspecified atom stereocenters. The van der Waals surface area contributed by atoms with Crippen LogP contribution in [0.3, 0.4) is 0 Å². The van der Waals surface area contributed by atoms with E-state index < -0.39 is 12.1 Å². The minimum absolute atomic E-state index is 0.148. The second-order valence-corrected chi connectivity index (χ2v) is 10.0. The molecule has 1 amide bonds. The van der Waals surface area contributed by atoms with Gasteiger partial charge >= 0.3 is 5.97 Å². The van der Waals surface area contributed by atoms with Crippen molar-refractivity contribution < 1.29 is 23.8 Å². The lowest BCUT2D eigenvalue weighted by Gasteiger charge is -2.26. The molecular weight excluding hydrogens is 468 g/mol. The number of carbonyl (C=O) groups excluding carboxylic acids is 1. The van der Waals surface area contributed by atoms with Crippen molar-refractivity contribution in [3.8, 4) is 16.3 Å². The number of aliphatic carboxylic acids is 1. The lowest BCUT2D eigenvalue weighted by molar-refractivity contribution is -0.143. The normalized spacial score (nSPS) is 18.8. The van der Waals surface area contributed by atoms with Crippen molar-refractivity contribution in [3.63, 3.8) is 0 Å². The van der Waals surface area contributed by atoms with Crippen molar-refractivity contribution >= 4 is 34.2 Å². The van der Waals surface area contributed by atoms with E-state index in [9.17, 15) is 14.4 Å². The van der Waals surface area contributed by atoms with E-state index in [0.717, 1.165) is 24.1 Å². The number of carboxylic acid groups (broad SMARTS) is 1. The Kier molecular flexibility index (Phi) is 7.54. The van der Waals surface area contributed by atoms with E-state index in [1.807, 2.05) is 19.2 Å². The fraction of sp³-hybridized carbons (Fsp3) is 0.462. The van der Waals surface area contributed by atoms with Crippen LogP contribution in [-0.2, 0) is 16.0 Å². The first-order chi connectivity index (χ1) is 16.8. The zero-order valence-electron chi connectivity index (χ0n) is 20.1. The van der Waals surface area contributed by atoms with Crippen LogP contribution in [0.2, 0.25) is 0 Å². The van der Waals surface area contributed by atoms with Crippen LogP contribution in [0.5, 0.6) is 5.75 Å². The minimum atomic E-state index is -0.739. The largest absolute Gasteiger partial charge is 0.481 e. The predicted octanol–water partition coefficient (Wildman–Crippen LogP) is 4.56. The Morgan fingerprint density at radius 2 is 2.03 bits per heavy atom. The predicted molar refractivity (Wildman–Crippen MR) is 134 cm³/mol. The van der Waals surface area contributed by atoms with Crippen molar-refractivity contribution in [1.29, 1.82) is 0 Å². The molecule has 0 radical (unpaired) electrons. The van der Waals surface area contributed by atoms with E-state index in [1.54, 1.807) is 19.1 Å². The van der Waals surface area contributed by atoms with Crippen LogP contribution in [0, 0.1) is 18.8 Å². The molecular formula is C26H30N2O6S. The zero-order chi connectivity index (χ0) is 25.1. The van der Waals surface area contributed by atoms with Gasteiger partial charge in [0.2, 0.25) is 5.43 Å². The highest BCUT2D eigenvalue weighted by Gasteiger charge is 2.27. The number of hydrogen-bond donors (Lipinski definition) is 2. The molecule has 0 aliphatic heterocycles. The summed E-state index contributed by atoms with van der Waals surface area (Å²) in [6.07, 6.45) is 4.18. The van der Waals surface area contributed by atoms with Gasteiger partial charge in [0.25, 0.3) is 5.91 Å². The van der Waals surface area contributed by atoms with Gasteiger partial charge < -0.3 is 19.6 Å². The van der Waals surface area contributed by atoms with E-state index in [0.29, 0.717) is 53.1 Å². The Hall–Kier alpha value is -3.20. The number of aryl methyl sites for hydroxylation is 2. The maximum absolute atomic E-state index is 13.1. The standard InChI is InChI=1S/C26H30N2O6S/c1-4-17-9-19-22(33-12-20(23(19)29)25-28-14(2)13-35-25)10-21(17)34-15(3)24(30)27-11-16-5-7-18(8-6-16)26(31)32/h9-10,12-13,15-16,18H,4-8,11H2,1-3H3,(H,27,30)(H,31,32)/t15-,16?,18?/m1/s1. The zero-order valence-corrected chi connectivity index (χ0v) is 20.9. The Balaban J connectivity index is 1.45. The number of rotatable bonds is 8. The maximum atomic E-state index is 13.1. The smallest absolute Gasteiger partial charge is 0.306 e. The summed E-state index contributed by atoms with van der Waals surface area (Å²) in [6, 6.07) is 3.44. The van der Waals surface area contributed by atoms with Gasteiger partial charge in [-0.05, 0) is 63.5 Å².